The van der Waals surface area contributed by atoms with Crippen LogP contribution in [0.25, 0.3) is 6.08 Å². The number of rotatable bonds is 1. The van der Waals surface area contributed by atoms with Crippen molar-refractivity contribution in [2.24, 2.45) is 4.99 Å². The van der Waals surface area contributed by atoms with Gasteiger partial charge in [0, 0.05) is 17.6 Å². The maximum atomic E-state index is 12.2. The van der Waals surface area contributed by atoms with Crippen LogP contribution < -0.4 is 0 Å². The molecule has 120 valence electrons. The van der Waals surface area contributed by atoms with E-state index in [0.717, 1.165) is 34.7 Å². The van der Waals surface area contributed by atoms with Crippen molar-refractivity contribution in [3.63, 3.8) is 0 Å². The van der Waals surface area contributed by atoms with Crippen molar-refractivity contribution in [3.05, 3.63) is 74.6 Å². The van der Waals surface area contributed by atoms with Gasteiger partial charge in [0.1, 0.15) is 0 Å². The summed E-state index contributed by atoms with van der Waals surface area (Å²) in [5.74, 6) is -0.142. The quantitative estimate of drug-likeness (QED) is 0.663. The van der Waals surface area contributed by atoms with Crippen molar-refractivity contribution in [1.82, 2.24) is 4.90 Å². The molecule has 4 rings (SSSR count). The van der Waals surface area contributed by atoms with Crippen LogP contribution in [0.3, 0.4) is 0 Å². The number of nitrogens with zero attached hydrogens (tertiary/aromatic N) is 2. The second-order valence-electron chi connectivity index (χ2n) is 5.80. The molecule has 0 aliphatic carbocycles. The number of carbonyl (C=O) groups is 1. The molecule has 2 heterocycles. The van der Waals surface area contributed by atoms with Gasteiger partial charge in [-0.15, -0.1) is 0 Å². The fraction of sp³-hybridized carbons (Fsp3) is 0.158. The van der Waals surface area contributed by atoms with Gasteiger partial charge in [-0.1, -0.05) is 52.3 Å². The molecule has 2 aromatic carbocycles. The maximum Gasteiger partial charge on any atom is 0.286 e. The molecule has 2 aliphatic rings. The molecule has 0 atom stereocenters. The van der Waals surface area contributed by atoms with E-state index in [4.69, 9.17) is 0 Å². The number of carbonyl (C=O) groups excluding carboxylic acids is 1. The standard InChI is InChI=1S/C19H15BrN2OS/c20-16-7-5-13(6-8-16)11-17-18(23)21-19(24-17)22-10-9-14-3-1-2-4-15(14)12-22/h1-8,11H,9-10,12H2. The number of benzene rings is 2. The van der Waals surface area contributed by atoms with E-state index >= 15 is 0 Å². The van der Waals surface area contributed by atoms with Gasteiger partial charge in [0.15, 0.2) is 5.17 Å². The number of amides is 1. The van der Waals surface area contributed by atoms with E-state index < -0.39 is 0 Å². The highest BCUT2D eigenvalue weighted by molar-refractivity contribution is 9.10. The fourth-order valence-electron chi connectivity index (χ4n) is 2.90. The minimum atomic E-state index is -0.142. The third kappa shape index (κ3) is 3.19. The molecule has 0 saturated carbocycles. The Morgan fingerprint density at radius 2 is 1.83 bits per heavy atom. The molecule has 0 saturated heterocycles. The Hall–Kier alpha value is -1.85. The number of thioether (sulfide) groups is 1. The average molecular weight is 399 g/mol. The van der Waals surface area contributed by atoms with Gasteiger partial charge in [-0.2, -0.15) is 4.99 Å². The fourth-order valence-corrected chi connectivity index (χ4v) is 4.11. The second kappa shape index (κ2) is 6.57. The third-order valence-corrected chi connectivity index (χ3v) is 5.75. The molecule has 2 aromatic rings. The Morgan fingerprint density at radius 3 is 2.62 bits per heavy atom. The Kier molecular flexibility index (Phi) is 4.29. The number of hydrogen-bond donors (Lipinski definition) is 0. The van der Waals surface area contributed by atoms with Crippen LogP contribution in [0.2, 0.25) is 0 Å². The molecule has 0 bridgehead atoms. The van der Waals surface area contributed by atoms with Gasteiger partial charge in [0.25, 0.3) is 5.91 Å². The molecule has 0 N–H and O–H groups in total. The molecule has 2 aliphatic heterocycles. The first-order valence-corrected chi connectivity index (χ1v) is 9.40. The SMILES string of the molecule is O=C1N=C(N2CCc3ccccc3C2)SC1=Cc1ccc(Br)cc1. The van der Waals surface area contributed by atoms with Crippen LogP contribution in [-0.2, 0) is 17.8 Å². The van der Waals surface area contributed by atoms with Crippen LogP contribution in [0.4, 0.5) is 0 Å². The molecular formula is C19H15BrN2OS. The lowest BCUT2D eigenvalue weighted by molar-refractivity contribution is -0.113. The van der Waals surface area contributed by atoms with Crippen LogP contribution in [0.1, 0.15) is 16.7 Å². The highest BCUT2D eigenvalue weighted by Gasteiger charge is 2.28. The summed E-state index contributed by atoms with van der Waals surface area (Å²) in [6.45, 7) is 1.72. The highest BCUT2D eigenvalue weighted by Crippen LogP contribution is 2.32. The molecule has 1 amide bonds. The lowest BCUT2D eigenvalue weighted by atomic mass is 10.0. The summed E-state index contributed by atoms with van der Waals surface area (Å²) >= 11 is 4.90. The van der Waals surface area contributed by atoms with Gasteiger partial charge >= 0.3 is 0 Å². The van der Waals surface area contributed by atoms with E-state index in [1.807, 2.05) is 30.3 Å². The average Bonchev–Trinajstić information content (AvgIpc) is 2.97. The van der Waals surface area contributed by atoms with Crippen molar-refractivity contribution in [2.45, 2.75) is 13.0 Å². The molecule has 0 radical (unpaired) electrons. The van der Waals surface area contributed by atoms with Gasteiger partial charge in [-0.3, -0.25) is 4.79 Å². The Balaban J connectivity index is 1.52. The number of halogens is 1. The van der Waals surface area contributed by atoms with Crippen LogP contribution in [0, 0.1) is 0 Å². The number of aliphatic imine (C=N–C) groups is 1. The first kappa shape index (κ1) is 15.7. The summed E-state index contributed by atoms with van der Waals surface area (Å²) in [6, 6.07) is 16.4. The first-order chi connectivity index (χ1) is 11.7. The predicted molar refractivity (Wildman–Crippen MR) is 103 cm³/mol. The van der Waals surface area contributed by atoms with Gasteiger partial charge in [0.2, 0.25) is 0 Å². The Morgan fingerprint density at radius 1 is 1.08 bits per heavy atom. The molecule has 0 fully saturated rings. The number of fused-ring (bicyclic) bond motifs is 1. The Bertz CT molecular complexity index is 858. The molecule has 0 spiro atoms. The summed E-state index contributed by atoms with van der Waals surface area (Å²) in [5.41, 5.74) is 3.73. The van der Waals surface area contributed by atoms with Gasteiger partial charge < -0.3 is 4.90 Å². The van der Waals surface area contributed by atoms with Crippen molar-refractivity contribution in [1.29, 1.82) is 0 Å². The zero-order valence-corrected chi connectivity index (χ0v) is 15.3. The lowest BCUT2D eigenvalue weighted by Crippen LogP contribution is -2.33. The zero-order chi connectivity index (χ0) is 16.5. The molecular weight excluding hydrogens is 384 g/mol. The number of hydrogen-bond acceptors (Lipinski definition) is 3. The van der Waals surface area contributed by atoms with E-state index in [0.29, 0.717) is 4.91 Å². The summed E-state index contributed by atoms with van der Waals surface area (Å²) in [5, 5.41) is 0.817. The lowest BCUT2D eigenvalue weighted by Gasteiger charge is -2.29. The topological polar surface area (TPSA) is 32.7 Å². The van der Waals surface area contributed by atoms with Crippen molar-refractivity contribution < 1.29 is 4.79 Å². The first-order valence-electron chi connectivity index (χ1n) is 7.79. The van der Waals surface area contributed by atoms with Crippen molar-refractivity contribution in [3.8, 4) is 0 Å². The summed E-state index contributed by atoms with van der Waals surface area (Å²) in [4.78, 5) is 19.4. The Labute approximate surface area is 153 Å². The summed E-state index contributed by atoms with van der Waals surface area (Å²) in [7, 11) is 0. The van der Waals surface area contributed by atoms with Crippen LogP contribution >= 0.6 is 27.7 Å². The molecule has 5 heteroatoms. The molecule has 0 aromatic heterocycles. The van der Waals surface area contributed by atoms with E-state index in [-0.39, 0.29) is 5.91 Å². The minimum Gasteiger partial charge on any atom is -0.346 e. The maximum absolute atomic E-state index is 12.2. The van der Waals surface area contributed by atoms with E-state index in [9.17, 15) is 4.79 Å². The monoisotopic (exact) mass is 398 g/mol. The third-order valence-electron chi connectivity index (χ3n) is 4.18. The van der Waals surface area contributed by atoms with Crippen molar-refractivity contribution >= 4 is 44.8 Å². The van der Waals surface area contributed by atoms with Crippen LogP contribution in [0.15, 0.2) is 62.9 Å². The minimum absolute atomic E-state index is 0.142. The second-order valence-corrected chi connectivity index (χ2v) is 7.73. The normalized spacial score (nSPS) is 18.7. The summed E-state index contributed by atoms with van der Waals surface area (Å²) in [6.07, 6.45) is 2.91. The van der Waals surface area contributed by atoms with E-state index in [1.54, 1.807) is 0 Å². The van der Waals surface area contributed by atoms with Crippen molar-refractivity contribution in [2.75, 3.05) is 6.54 Å². The van der Waals surface area contributed by atoms with E-state index in [1.165, 1.54) is 22.9 Å². The van der Waals surface area contributed by atoms with Gasteiger partial charge in [-0.05, 0) is 53.1 Å². The predicted octanol–water partition coefficient (Wildman–Crippen LogP) is 4.48. The van der Waals surface area contributed by atoms with Crippen LogP contribution in [-0.4, -0.2) is 22.5 Å². The molecule has 0 unspecified atom stereocenters. The zero-order valence-electron chi connectivity index (χ0n) is 12.9. The smallest absolute Gasteiger partial charge is 0.286 e. The largest absolute Gasteiger partial charge is 0.346 e. The highest BCUT2D eigenvalue weighted by atomic mass is 79.9. The van der Waals surface area contributed by atoms with Crippen LogP contribution in [0.5, 0.6) is 0 Å². The van der Waals surface area contributed by atoms with Gasteiger partial charge in [-0.25, -0.2) is 0 Å². The summed E-state index contributed by atoms with van der Waals surface area (Å²) < 4.78 is 1.03. The number of amidine groups is 1. The van der Waals surface area contributed by atoms with Gasteiger partial charge in [0.05, 0.1) is 4.91 Å². The molecule has 3 nitrogen and oxygen atoms in total. The van der Waals surface area contributed by atoms with E-state index in [2.05, 4.69) is 50.1 Å². The molecule has 24 heavy (non-hydrogen) atoms.